The van der Waals surface area contributed by atoms with E-state index in [1.165, 1.54) is 12.1 Å². The van der Waals surface area contributed by atoms with E-state index in [4.69, 9.17) is 33.2 Å². The monoisotopic (exact) mass is 405 g/mol. The second kappa shape index (κ2) is 6.98. The van der Waals surface area contributed by atoms with Crippen molar-refractivity contribution in [3.63, 3.8) is 0 Å². The van der Waals surface area contributed by atoms with Crippen molar-refractivity contribution in [3.05, 3.63) is 56.2 Å². The fraction of sp³-hybridized carbons (Fsp3) is 0. The number of hydrogen-bond donors (Lipinski definition) is 3. The molecular formula is C13H8BBrCl2FNO3. The third-order valence-electron chi connectivity index (χ3n) is 2.73. The molecule has 9 heteroatoms. The quantitative estimate of drug-likeness (QED) is 0.686. The molecule has 2 aromatic carbocycles. The summed E-state index contributed by atoms with van der Waals surface area (Å²) >= 11 is 15.2. The van der Waals surface area contributed by atoms with Crippen molar-refractivity contribution in [2.75, 3.05) is 5.32 Å². The Morgan fingerprint density at radius 3 is 2.27 bits per heavy atom. The van der Waals surface area contributed by atoms with Gasteiger partial charge >= 0.3 is 7.12 Å². The molecule has 0 atom stereocenters. The molecule has 0 fully saturated rings. The fourth-order valence-corrected chi connectivity index (χ4v) is 3.04. The van der Waals surface area contributed by atoms with Crippen LogP contribution < -0.4 is 10.8 Å². The highest BCUT2D eigenvalue weighted by Gasteiger charge is 2.18. The Kier molecular flexibility index (Phi) is 5.47. The highest BCUT2D eigenvalue weighted by Crippen LogP contribution is 2.34. The normalized spacial score (nSPS) is 10.5. The summed E-state index contributed by atoms with van der Waals surface area (Å²) in [6.45, 7) is 0. The van der Waals surface area contributed by atoms with E-state index in [9.17, 15) is 9.18 Å². The van der Waals surface area contributed by atoms with Crippen LogP contribution in [0.25, 0.3) is 0 Å². The van der Waals surface area contributed by atoms with Gasteiger partial charge in [0.15, 0.2) is 0 Å². The summed E-state index contributed by atoms with van der Waals surface area (Å²) in [6.07, 6.45) is 0. The lowest BCUT2D eigenvalue weighted by Gasteiger charge is -2.11. The van der Waals surface area contributed by atoms with Gasteiger partial charge in [0, 0.05) is 10.0 Å². The molecule has 22 heavy (non-hydrogen) atoms. The van der Waals surface area contributed by atoms with Crippen LogP contribution in [-0.2, 0) is 0 Å². The van der Waals surface area contributed by atoms with Crippen LogP contribution in [0.3, 0.4) is 0 Å². The molecule has 0 unspecified atom stereocenters. The van der Waals surface area contributed by atoms with Gasteiger partial charge < -0.3 is 15.4 Å². The predicted octanol–water partition coefficient (Wildman–Crippen LogP) is 2.83. The Bertz CT molecular complexity index is 722. The van der Waals surface area contributed by atoms with Crippen LogP contribution in [0.4, 0.5) is 10.1 Å². The molecule has 0 spiro atoms. The summed E-state index contributed by atoms with van der Waals surface area (Å²) in [5.41, 5.74) is -0.0665. The highest BCUT2D eigenvalue weighted by atomic mass is 79.9. The summed E-state index contributed by atoms with van der Waals surface area (Å²) < 4.78 is 14.1. The van der Waals surface area contributed by atoms with Crippen LogP contribution in [0, 0.1) is 5.82 Å². The average molecular weight is 407 g/mol. The van der Waals surface area contributed by atoms with Crippen LogP contribution in [0.2, 0.25) is 10.0 Å². The van der Waals surface area contributed by atoms with Gasteiger partial charge in [-0.15, -0.1) is 0 Å². The van der Waals surface area contributed by atoms with Crippen LogP contribution in [0.15, 0.2) is 34.8 Å². The summed E-state index contributed by atoms with van der Waals surface area (Å²) in [4.78, 5) is 12.2. The number of rotatable bonds is 3. The second-order valence-electron chi connectivity index (χ2n) is 4.35. The number of benzene rings is 2. The van der Waals surface area contributed by atoms with Gasteiger partial charge in [-0.3, -0.25) is 4.79 Å². The van der Waals surface area contributed by atoms with E-state index in [0.29, 0.717) is 4.47 Å². The lowest BCUT2D eigenvalue weighted by atomic mass is 9.79. The van der Waals surface area contributed by atoms with Crippen molar-refractivity contribution >= 4 is 63.3 Å². The van der Waals surface area contributed by atoms with Gasteiger partial charge in [-0.25, -0.2) is 4.39 Å². The summed E-state index contributed by atoms with van der Waals surface area (Å²) in [5.74, 6) is -1.46. The highest BCUT2D eigenvalue weighted by molar-refractivity contribution is 9.10. The molecule has 0 bridgehead atoms. The maximum absolute atomic E-state index is 13.4. The first-order valence-corrected chi connectivity index (χ1v) is 7.45. The zero-order valence-electron chi connectivity index (χ0n) is 10.8. The SMILES string of the molecule is O=C(Nc1c(Cl)cc(Br)cc1Cl)c1cc(F)cc(B(O)O)c1. The molecule has 0 radical (unpaired) electrons. The van der Waals surface area contributed by atoms with Crippen molar-refractivity contribution in [2.45, 2.75) is 0 Å². The van der Waals surface area contributed by atoms with Crippen molar-refractivity contribution in [1.29, 1.82) is 0 Å². The minimum absolute atomic E-state index is 0.0989. The topological polar surface area (TPSA) is 69.6 Å². The molecule has 0 heterocycles. The Morgan fingerprint density at radius 2 is 1.73 bits per heavy atom. The van der Waals surface area contributed by atoms with Gasteiger partial charge in [-0.2, -0.15) is 0 Å². The number of halogens is 4. The number of nitrogens with one attached hydrogen (secondary N) is 1. The predicted molar refractivity (Wildman–Crippen MR) is 88.3 cm³/mol. The van der Waals surface area contributed by atoms with Crippen LogP contribution in [0.5, 0.6) is 0 Å². The molecule has 3 N–H and O–H groups in total. The molecule has 1 amide bonds. The third kappa shape index (κ3) is 4.00. The van der Waals surface area contributed by atoms with Crippen molar-refractivity contribution < 1.29 is 19.2 Å². The Hall–Kier alpha value is -1.12. The first kappa shape index (κ1) is 17.2. The van der Waals surface area contributed by atoms with Crippen LogP contribution in [0.1, 0.15) is 10.4 Å². The summed E-state index contributed by atoms with van der Waals surface area (Å²) in [7, 11) is -1.89. The van der Waals surface area contributed by atoms with E-state index in [-0.39, 0.29) is 26.8 Å². The standard InChI is InChI=1S/C13H8BBrCl2FNO3/c15-8-4-10(16)12(11(17)5-8)19-13(20)6-1-7(14(21)22)3-9(18)2-6/h1-5,21-22H,(H,19,20). The van der Waals surface area contributed by atoms with E-state index in [0.717, 1.165) is 18.2 Å². The second-order valence-corrected chi connectivity index (χ2v) is 6.08. The smallest absolute Gasteiger partial charge is 0.423 e. The number of carbonyl (C=O) groups is 1. The minimum atomic E-state index is -1.89. The Morgan fingerprint density at radius 1 is 1.14 bits per heavy atom. The van der Waals surface area contributed by atoms with Gasteiger partial charge in [-0.1, -0.05) is 39.1 Å². The maximum Gasteiger partial charge on any atom is 0.488 e. The number of carbonyl (C=O) groups excluding carboxylic acids is 1. The van der Waals surface area contributed by atoms with Gasteiger partial charge in [0.1, 0.15) is 5.82 Å². The van der Waals surface area contributed by atoms with Gasteiger partial charge in [0.25, 0.3) is 5.91 Å². The molecule has 0 aromatic heterocycles. The van der Waals surface area contributed by atoms with Gasteiger partial charge in [0.2, 0.25) is 0 Å². The summed E-state index contributed by atoms with van der Waals surface area (Å²) in [5, 5.41) is 21.0. The molecule has 0 aliphatic carbocycles. The van der Waals surface area contributed by atoms with Crippen molar-refractivity contribution in [1.82, 2.24) is 0 Å². The van der Waals surface area contributed by atoms with Crippen molar-refractivity contribution in [2.24, 2.45) is 0 Å². The molecule has 4 nitrogen and oxygen atoms in total. The Labute approximate surface area is 144 Å². The Balaban J connectivity index is 2.34. The van der Waals surface area contributed by atoms with Crippen molar-refractivity contribution in [3.8, 4) is 0 Å². The van der Waals surface area contributed by atoms with E-state index in [2.05, 4.69) is 21.2 Å². The van der Waals surface area contributed by atoms with Gasteiger partial charge in [-0.05, 0) is 35.8 Å². The average Bonchev–Trinajstić information content (AvgIpc) is 2.41. The first-order valence-electron chi connectivity index (χ1n) is 5.90. The summed E-state index contributed by atoms with van der Waals surface area (Å²) in [6, 6.07) is 6.11. The molecule has 0 saturated heterocycles. The van der Waals surface area contributed by atoms with Gasteiger partial charge in [0.05, 0.1) is 15.7 Å². The van der Waals surface area contributed by atoms with Crippen LogP contribution in [-0.4, -0.2) is 23.1 Å². The first-order chi connectivity index (χ1) is 10.3. The maximum atomic E-state index is 13.4. The molecule has 0 saturated carbocycles. The lowest BCUT2D eigenvalue weighted by Crippen LogP contribution is -2.31. The molecular weight excluding hydrogens is 399 g/mol. The number of hydrogen-bond acceptors (Lipinski definition) is 3. The lowest BCUT2D eigenvalue weighted by molar-refractivity contribution is 0.102. The van der Waals surface area contributed by atoms with E-state index in [1.807, 2.05) is 0 Å². The molecule has 114 valence electrons. The molecule has 2 aromatic rings. The van der Waals surface area contributed by atoms with E-state index in [1.54, 1.807) is 0 Å². The minimum Gasteiger partial charge on any atom is -0.423 e. The third-order valence-corrected chi connectivity index (χ3v) is 3.78. The fourth-order valence-electron chi connectivity index (χ4n) is 1.74. The zero-order valence-corrected chi connectivity index (χ0v) is 13.9. The number of anilines is 1. The van der Waals surface area contributed by atoms with E-state index >= 15 is 0 Å². The molecule has 0 aliphatic heterocycles. The zero-order chi connectivity index (χ0) is 16.4. The molecule has 0 aliphatic rings. The van der Waals surface area contributed by atoms with Crippen LogP contribution >= 0.6 is 39.1 Å². The largest absolute Gasteiger partial charge is 0.488 e. The number of amides is 1. The van der Waals surface area contributed by atoms with E-state index < -0.39 is 18.8 Å². The molecule has 2 rings (SSSR count).